The molecule has 1 aromatic heterocycles. The predicted octanol–water partition coefficient (Wildman–Crippen LogP) is 2.94. The van der Waals surface area contributed by atoms with E-state index >= 15 is 0 Å². The van der Waals surface area contributed by atoms with E-state index in [9.17, 15) is 14.9 Å². The number of fused-ring (bicyclic) bond motifs is 1. The minimum Gasteiger partial charge on any atom is -0.497 e. The number of primary amides is 1. The van der Waals surface area contributed by atoms with Crippen molar-refractivity contribution in [1.82, 2.24) is 9.55 Å². The number of nitrogens with two attached hydrogens (primary N) is 1. The molecule has 28 heavy (non-hydrogen) atoms. The fraction of sp³-hybridized carbons (Fsp3) is 0.263. The van der Waals surface area contributed by atoms with Crippen molar-refractivity contribution in [2.24, 2.45) is 5.73 Å². The van der Waals surface area contributed by atoms with Crippen LogP contribution >= 0.6 is 0 Å². The Kier molecular flexibility index (Phi) is 5.73. The van der Waals surface area contributed by atoms with Crippen LogP contribution in [-0.4, -0.2) is 34.0 Å². The number of carbonyl (C=O) groups is 1. The maximum Gasteiger partial charge on any atom is 0.293 e. The van der Waals surface area contributed by atoms with Crippen molar-refractivity contribution in [3.63, 3.8) is 0 Å². The third-order valence-electron chi connectivity index (χ3n) is 4.45. The van der Waals surface area contributed by atoms with E-state index in [0.717, 1.165) is 36.2 Å². The van der Waals surface area contributed by atoms with Crippen LogP contribution in [0.25, 0.3) is 11.0 Å². The van der Waals surface area contributed by atoms with Gasteiger partial charge in [-0.25, -0.2) is 4.98 Å². The molecule has 0 radical (unpaired) electrons. The highest BCUT2D eigenvalue weighted by Gasteiger charge is 2.16. The zero-order valence-corrected chi connectivity index (χ0v) is 15.4. The Morgan fingerprint density at radius 1 is 1.29 bits per heavy atom. The van der Waals surface area contributed by atoms with Crippen LogP contribution in [-0.2, 0) is 6.54 Å². The van der Waals surface area contributed by atoms with Crippen molar-refractivity contribution in [2.45, 2.75) is 19.4 Å². The summed E-state index contributed by atoms with van der Waals surface area (Å²) in [5.41, 5.74) is 7.41. The SMILES string of the molecule is COc1ccc2c(c1)ncn2CCCCNc1ccc(C(N)=O)cc1[N+](=O)[O-]. The van der Waals surface area contributed by atoms with E-state index in [1.54, 1.807) is 13.4 Å². The van der Waals surface area contributed by atoms with Crippen LogP contribution in [0.1, 0.15) is 23.2 Å². The first kappa shape index (κ1) is 19.2. The molecule has 0 aliphatic rings. The van der Waals surface area contributed by atoms with E-state index < -0.39 is 10.8 Å². The van der Waals surface area contributed by atoms with Gasteiger partial charge in [0.15, 0.2) is 0 Å². The Morgan fingerprint density at radius 3 is 2.82 bits per heavy atom. The van der Waals surface area contributed by atoms with Crippen molar-refractivity contribution >= 4 is 28.3 Å². The third kappa shape index (κ3) is 4.20. The lowest BCUT2D eigenvalue weighted by Gasteiger charge is -2.09. The summed E-state index contributed by atoms with van der Waals surface area (Å²) >= 11 is 0. The van der Waals surface area contributed by atoms with Gasteiger partial charge in [0, 0.05) is 30.8 Å². The van der Waals surface area contributed by atoms with Gasteiger partial charge >= 0.3 is 0 Å². The van der Waals surface area contributed by atoms with Gasteiger partial charge in [0.05, 0.1) is 29.4 Å². The molecule has 1 amide bonds. The molecule has 146 valence electrons. The zero-order chi connectivity index (χ0) is 20.1. The van der Waals surface area contributed by atoms with Crippen LogP contribution in [0.4, 0.5) is 11.4 Å². The lowest BCUT2D eigenvalue weighted by Crippen LogP contribution is -2.12. The number of ether oxygens (including phenoxy) is 1. The molecule has 0 aliphatic carbocycles. The number of benzene rings is 2. The number of rotatable bonds is 9. The maximum atomic E-state index is 11.2. The molecule has 0 bridgehead atoms. The second kappa shape index (κ2) is 8.38. The number of aromatic nitrogens is 2. The number of methoxy groups -OCH3 is 1. The summed E-state index contributed by atoms with van der Waals surface area (Å²) in [4.78, 5) is 26.3. The first-order valence-corrected chi connectivity index (χ1v) is 8.80. The van der Waals surface area contributed by atoms with Crippen molar-refractivity contribution in [3.05, 3.63) is 58.4 Å². The van der Waals surface area contributed by atoms with Crippen LogP contribution in [0.3, 0.4) is 0 Å². The molecule has 1 heterocycles. The Morgan fingerprint density at radius 2 is 2.11 bits per heavy atom. The van der Waals surface area contributed by atoms with Gasteiger partial charge in [-0.1, -0.05) is 0 Å². The minimum atomic E-state index is -0.695. The summed E-state index contributed by atoms with van der Waals surface area (Å²) in [6.45, 7) is 1.35. The average Bonchev–Trinajstić information content (AvgIpc) is 3.09. The van der Waals surface area contributed by atoms with Gasteiger partial charge in [-0.15, -0.1) is 0 Å². The van der Waals surface area contributed by atoms with Crippen LogP contribution in [0, 0.1) is 10.1 Å². The van der Waals surface area contributed by atoms with E-state index in [1.165, 1.54) is 18.2 Å². The first-order valence-electron chi connectivity index (χ1n) is 8.80. The van der Waals surface area contributed by atoms with Crippen LogP contribution in [0.15, 0.2) is 42.7 Å². The number of unbranched alkanes of at least 4 members (excludes halogenated alkanes) is 1. The molecule has 0 atom stereocenters. The molecule has 3 aromatic rings. The fourth-order valence-corrected chi connectivity index (χ4v) is 2.96. The predicted molar refractivity (Wildman–Crippen MR) is 106 cm³/mol. The van der Waals surface area contributed by atoms with Crippen LogP contribution in [0.5, 0.6) is 5.75 Å². The largest absolute Gasteiger partial charge is 0.497 e. The van der Waals surface area contributed by atoms with Crippen molar-refractivity contribution in [3.8, 4) is 5.75 Å². The summed E-state index contributed by atoms with van der Waals surface area (Å²) in [6.07, 6.45) is 3.48. The molecule has 9 nitrogen and oxygen atoms in total. The molecule has 0 saturated heterocycles. The number of nitro groups is 1. The minimum absolute atomic E-state index is 0.112. The molecule has 9 heteroatoms. The molecule has 3 rings (SSSR count). The molecule has 3 N–H and O–H groups in total. The Bertz CT molecular complexity index is 1010. The fourth-order valence-electron chi connectivity index (χ4n) is 2.96. The highest BCUT2D eigenvalue weighted by Crippen LogP contribution is 2.25. The monoisotopic (exact) mass is 383 g/mol. The molecule has 0 spiro atoms. The molecule has 0 aliphatic heterocycles. The van der Waals surface area contributed by atoms with Gasteiger partial charge in [-0.2, -0.15) is 0 Å². The number of aryl methyl sites for hydroxylation is 1. The highest BCUT2D eigenvalue weighted by molar-refractivity contribution is 5.94. The molecule has 0 fully saturated rings. The Hall–Kier alpha value is -3.62. The quantitative estimate of drug-likeness (QED) is 0.332. The van der Waals surface area contributed by atoms with Gasteiger partial charge in [-0.3, -0.25) is 14.9 Å². The first-order chi connectivity index (χ1) is 13.5. The van der Waals surface area contributed by atoms with Gasteiger partial charge < -0.3 is 20.4 Å². The normalized spacial score (nSPS) is 10.8. The van der Waals surface area contributed by atoms with E-state index in [0.29, 0.717) is 12.2 Å². The number of hydrogen-bond donors (Lipinski definition) is 2. The number of nitrogens with zero attached hydrogens (tertiary/aromatic N) is 3. The van der Waals surface area contributed by atoms with E-state index in [2.05, 4.69) is 14.9 Å². The number of amides is 1. The lowest BCUT2D eigenvalue weighted by molar-refractivity contribution is -0.384. The Labute approximate surface area is 161 Å². The summed E-state index contributed by atoms with van der Waals surface area (Å²) in [5.74, 6) is 0.0747. The standard InChI is InChI=1S/C19H21N5O4/c1-28-14-5-7-17-16(11-14)22-12-23(17)9-3-2-8-21-15-6-4-13(19(20)25)10-18(15)24(26)27/h4-7,10-12,21H,2-3,8-9H2,1H3,(H2,20,25). The second-order valence-corrected chi connectivity index (χ2v) is 6.28. The Balaban J connectivity index is 1.55. The van der Waals surface area contributed by atoms with E-state index in [-0.39, 0.29) is 11.3 Å². The van der Waals surface area contributed by atoms with Crippen molar-refractivity contribution < 1.29 is 14.5 Å². The van der Waals surface area contributed by atoms with Crippen molar-refractivity contribution in [2.75, 3.05) is 19.0 Å². The molecule has 0 saturated carbocycles. The summed E-state index contributed by atoms with van der Waals surface area (Å²) in [6, 6.07) is 9.94. The van der Waals surface area contributed by atoms with Gasteiger partial charge in [0.25, 0.3) is 5.69 Å². The average molecular weight is 383 g/mol. The number of anilines is 1. The lowest BCUT2D eigenvalue weighted by atomic mass is 10.1. The van der Waals surface area contributed by atoms with Gasteiger partial charge in [0.1, 0.15) is 11.4 Å². The smallest absolute Gasteiger partial charge is 0.293 e. The van der Waals surface area contributed by atoms with Crippen LogP contribution in [0.2, 0.25) is 0 Å². The third-order valence-corrected chi connectivity index (χ3v) is 4.45. The highest BCUT2D eigenvalue weighted by atomic mass is 16.6. The molecular formula is C19H21N5O4. The topological polar surface area (TPSA) is 125 Å². The van der Waals surface area contributed by atoms with Crippen molar-refractivity contribution in [1.29, 1.82) is 0 Å². The van der Waals surface area contributed by atoms with Crippen LogP contribution < -0.4 is 15.8 Å². The number of nitrogens with one attached hydrogen (secondary N) is 1. The summed E-state index contributed by atoms with van der Waals surface area (Å²) < 4.78 is 7.27. The molecule has 2 aromatic carbocycles. The summed E-state index contributed by atoms with van der Waals surface area (Å²) in [5, 5.41) is 14.3. The van der Waals surface area contributed by atoms with Gasteiger partial charge in [0.2, 0.25) is 5.91 Å². The number of hydrogen-bond acceptors (Lipinski definition) is 6. The molecule has 0 unspecified atom stereocenters. The maximum absolute atomic E-state index is 11.2. The molecular weight excluding hydrogens is 362 g/mol. The zero-order valence-electron chi connectivity index (χ0n) is 15.4. The number of carbonyl (C=O) groups excluding carboxylic acids is 1. The number of imidazole rings is 1. The van der Waals surface area contributed by atoms with E-state index in [1.807, 2.05) is 18.2 Å². The van der Waals surface area contributed by atoms with E-state index in [4.69, 9.17) is 10.5 Å². The summed E-state index contributed by atoms with van der Waals surface area (Å²) in [7, 11) is 1.62. The number of nitro benzene ring substituents is 1. The second-order valence-electron chi connectivity index (χ2n) is 6.28. The van der Waals surface area contributed by atoms with Gasteiger partial charge in [-0.05, 0) is 37.1 Å².